The van der Waals surface area contributed by atoms with Crippen molar-refractivity contribution in [3.63, 3.8) is 0 Å². The fourth-order valence-corrected chi connectivity index (χ4v) is 2.76. The molecule has 1 atom stereocenters. The Morgan fingerprint density at radius 2 is 2.07 bits per heavy atom. The largest absolute Gasteiger partial charge is 0.465 e. The maximum Gasteiger partial charge on any atom is 0.407 e. The quantitative estimate of drug-likeness (QED) is 0.518. The molecule has 1 heterocycles. The third-order valence-corrected chi connectivity index (χ3v) is 4.10. The van der Waals surface area contributed by atoms with Crippen molar-refractivity contribution >= 4 is 23.5 Å². The number of amides is 1. The van der Waals surface area contributed by atoms with Crippen LogP contribution in [-0.2, 0) is 13.0 Å². The average molecular weight is 401 g/mol. The maximum atomic E-state index is 12.9. The van der Waals surface area contributed by atoms with E-state index in [1.165, 1.54) is 23.6 Å². The third-order valence-electron chi connectivity index (χ3n) is 3.80. The molecular formula is C16H18ClFN4O5. The van der Waals surface area contributed by atoms with E-state index < -0.39 is 22.4 Å². The molecule has 146 valence electrons. The summed E-state index contributed by atoms with van der Waals surface area (Å²) in [5.74, 6) is -0.856. The van der Waals surface area contributed by atoms with Crippen molar-refractivity contribution in [2.24, 2.45) is 0 Å². The highest BCUT2D eigenvalue weighted by Gasteiger charge is 2.30. The van der Waals surface area contributed by atoms with Gasteiger partial charge in [-0.1, -0.05) is 12.1 Å². The van der Waals surface area contributed by atoms with Gasteiger partial charge in [0, 0.05) is 6.54 Å². The van der Waals surface area contributed by atoms with Crippen molar-refractivity contribution in [1.82, 2.24) is 14.5 Å². The summed E-state index contributed by atoms with van der Waals surface area (Å²) in [6.45, 7) is 1.02. The lowest BCUT2D eigenvalue weighted by Crippen LogP contribution is -2.46. The van der Waals surface area contributed by atoms with Gasteiger partial charge >= 0.3 is 17.2 Å². The van der Waals surface area contributed by atoms with Crippen LogP contribution >= 0.6 is 11.6 Å². The van der Waals surface area contributed by atoms with E-state index in [1.807, 2.05) is 0 Å². The summed E-state index contributed by atoms with van der Waals surface area (Å²) in [6, 6.07) is 5.67. The molecule has 0 saturated carbocycles. The second kappa shape index (κ2) is 8.31. The van der Waals surface area contributed by atoms with Gasteiger partial charge in [0.15, 0.2) is 0 Å². The standard InChI is InChI=1S/C16H18ClFN4O5/c1-16(25,10-21-8-13(22(26)27)19-14(21)17)9-20(15(23)24)7-6-11-2-4-12(18)5-3-11/h2-5,8,25H,6-7,9-10H2,1H3,(H,23,24). The summed E-state index contributed by atoms with van der Waals surface area (Å²) in [7, 11) is 0. The Bertz CT molecular complexity index is 825. The molecule has 0 fully saturated rings. The lowest BCUT2D eigenvalue weighted by atomic mass is 10.1. The smallest absolute Gasteiger partial charge is 0.407 e. The number of nitrogens with zero attached hydrogens (tertiary/aromatic N) is 4. The fraction of sp³-hybridized carbons (Fsp3) is 0.375. The molecule has 0 aliphatic carbocycles. The van der Waals surface area contributed by atoms with Crippen molar-refractivity contribution in [1.29, 1.82) is 0 Å². The minimum Gasteiger partial charge on any atom is -0.465 e. The first kappa shape index (κ1) is 20.6. The molecule has 0 aliphatic heterocycles. The molecule has 27 heavy (non-hydrogen) atoms. The highest BCUT2D eigenvalue weighted by Crippen LogP contribution is 2.20. The van der Waals surface area contributed by atoms with Crippen LogP contribution in [0.4, 0.5) is 15.0 Å². The molecule has 1 unspecified atom stereocenters. The molecule has 9 nitrogen and oxygen atoms in total. The number of nitro groups is 1. The summed E-state index contributed by atoms with van der Waals surface area (Å²) in [5, 5.41) is 30.5. The van der Waals surface area contributed by atoms with Crippen molar-refractivity contribution in [3.8, 4) is 0 Å². The Morgan fingerprint density at radius 1 is 1.44 bits per heavy atom. The third kappa shape index (κ3) is 5.90. The first-order valence-corrected chi connectivity index (χ1v) is 8.27. The molecule has 2 N–H and O–H groups in total. The number of benzene rings is 1. The van der Waals surface area contributed by atoms with Gasteiger partial charge in [-0.15, -0.1) is 0 Å². The van der Waals surface area contributed by atoms with E-state index in [0.29, 0.717) is 6.42 Å². The number of hydrogen-bond donors (Lipinski definition) is 2. The monoisotopic (exact) mass is 400 g/mol. The Kier molecular flexibility index (Phi) is 6.34. The summed E-state index contributed by atoms with van der Waals surface area (Å²) in [4.78, 5) is 26.1. The first-order chi connectivity index (χ1) is 12.6. The zero-order valence-corrected chi connectivity index (χ0v) is 15.1. The number of carbonyl (C=O) groups is 1. The van der Waals surface area contributed by atoms with Crippen LogP contribution in [-0.4, -0.2) is 54.4 Å². The van der Waals surface area contributed by atoms with Crippen LogP contribution in [0.5, 0.6) is 0 Å². The van der Waals surface area contributed by atoms with Gasteiger partial charge in [0.2, 0.25) is 0 Å². The molecule has 2 aromatic rings. The second-order valence-corrected chi connectivity index (χ2v) is 6.67. The minimum atomic E-state index is -1.56. The van der Waals surface area contributed by atoms with Gasteiger partial charge in [0.05, 0.1) is 18.7 Å². The Morgan fingerprint density at radius 3 is 2.59 bits per heavy atom. The molecule has 1 aromatic heterocycles. The molecular weight excluding hydrogens is 383 g/mol. The van der Waals surface area contributed by atoms with E-state index in [-0.39, 0.29) is 30.7 Å². The van der Waals surface area contributed by atoms with Crippen LogP contribution in [0.15, 0.2) is 30.5 Å². The predicted molar refractivity (Wildman–Crippen MR) is 94.2 cm³/mol. The number of halogens is 2. The van der Waals surface area contributed by atoms with Crippen molar-refractivity contribution in [2.45, 2.75) is 25.5 Å². The van der Waals surface area contributed by atoms with Crippen molar-refractivity contribution in [2.75, 3.05) is 13.1 Å². The summed E-state index contributed by atoms with van der Waals surface area (Å²) in [5.41, 5.74) is -0.810. The summed E-state index contributed by atoms with van der Waals surface area (Å²) >= 11 is 5.82. The van der Waals surface area contributed by atoms with Crippen LogP contribution in [0.3, 0.4) is 0 Å². The Balaban J connectivity index is 2.03. The molecule has 0 aliphatic rings. The number of carboxylic acid groups (broad SMARTS) is 1. The van der Waals surface area contributed by atoms with Crippen molar-refractivity contribution < 1.29 is 24.3 Å². The minimum absolute atomic E-state index is 0.0783. The van der Waals surface area contributed by atoms with E-state index in [1.54, 1.807) is 12.1 Å². The SMILES string of the molecule is CC(O)(CN(CCc1ccc(F)cc1)C(=O)O)Cn1cc([N+](=O)[O-])nc1Cl. The average Bonchev–Trinajstić information content (AvgIpc) is 2.93. The van der Waals surface area contributed by atoms with E-state index in [2.05, 4.69) is 4.98 Å². The second-order valence-electron chi connectivity index (χ2n) is 6.33. The first-order valence-electron chi connectivity index (χ1n) is 7.89. The van der Waals surface area contributed by atoms with Gasteiger partial charge in [0.25, 0.3) is 0 Å². The van der Waals surface area contributed by atoms with Gasteiger partial charge in [0.1, 0.15) is 12.0 Å². The van der Waals surface area contributed by atoms with Crippen LogP contribution in [0.2, 0.25) is 5.28 Å². The van der Waals surface area contributed by atoms with Gasteiger partial charge in [-0.2, -0.15) is 0 Å². The predicted octanol–water partition coefficient (Wildman–Crippen LogP) is 2.56. The fourth-order valence-electron chi connectivity index (χ4n) is 2.56. The molecule has 2 rings (SSSR count). The highest BCUT2D eigenvalue weighted by atomic mass is 35.5. The zero-order valence-electron chi connectivity index (χ0n) is 14.4. The number of hydrogen-bond acceptors (Lipinski definition) is 5. The van der Waals surface area contributed by atoms with Crippen LogP contribution < -0.4 is 0 Å². The maximum absolute atomic E-state index is 12.9. The van der Waals surface area contributed by atoms with E-state index in [0.717, 1.165) is 16.7 Å². The lowest BCUT2D eigenvalue weighted by Gasteiger charge is -2.30. The number of aromatic nitrogens is 2. The van der Waals surface area contributed by atoms with E-state index in [9.17, 15) is 29.5 Å². The number of imidazole rings is 1. The Hall–Kier alpha value is -2.72. The summed E-state index contributed by atoms with van der Waals surface area (Å²) < 4.78 is 14.1. The highest BCUT2D eigenvalue weighted by molar-refractivity contribution is 6.28. The normalized spacial score (nSPS) is 13.2. The summed E-state index contributed by atoms with van der Waals surface area (Å²) in [6.07, 6.45) is 0.167. The topological polar surface area (TPSA) is 122 Å². The molecule has 0 spiro atoms. The van der Waals surface area contributed by atoms with Crippen LogP contribution in [0.1, 0.15) is 12.5 Å². The molecule has 1 aromatic carbocycles. The van der Waals surface area contributed by atoms with Crippen molar-refractivity contribution in [3.05, 3.63) is 57.2 Å². The Labute approximate surface area is 158 Å². The zero-order chi connectivity index (χ0) is 20.2. The van der Waals surface area contributed by atoms with Gasteiger partial charge in [-0.3, -0.25) is 4.57 Å². The lowest BCUT2D eigenvalue weighted by molar-refractivity contribution is -0.389. The molecule has 0 radical (unpaired) electrons. The molecule has 0 saturated heterocycles. The van der Waals surface area contributed by atoms with Gasteiger partial charge in [-0.25, -0.2) is 9.18 Å². The van der Waals surface area contributed by atoms with Crippen LogP contribution in [0.25, 0.3) is 0 Å². The van der Waals surface area contributed by atoms with Gasteiger partial charge in [-0.05, 0) is 52.5 Å². The van der Waals surface area contributed by atoms with E-state index >= 15 is 0 Å². The molecule has 0 bridgehead atoms. The molecule has 1 amide bonds. The number of aliphatic hydroxyl groups is 1. The number of rotatable bonds is 8. The van der Waals surface area contributed by atoms with Gasteiger partial charge < -0.3 is 25.2 Å². The van der Waals surface area contributed by atoms with Crippen LogP contribution in [0, 0.1) is 15.9 Å². The molecule has 11 heteroatoms. The van der Waals surface area contributed by atoms with E-state index in [4.69, 9.17) is 11.6 Å².